The molecular weight excluding hydrogens is 552 g/mol. The Labute approximate surface area is 263 Å². The van der Waals surface area contributed by atoms with Gasteiger partial charge in [-0.15, -0.1) is 0 Å². The molecule has 2 aromatic carbocycles. The Morgan fingerprint density at radius 2 is 1.23 bits per heavy atom. The number of fused-ring (bicyclic) bond motifs is 1. The van der Waals surface area contributed by atoms with Crippen molar-refractivity contribution in [2.24, 2.45) is 17.8 Å². The van der Waals surface area contributed by atoms with Crippen molar-refractivity contribution in [3.05, 3.63) is 71.8 Å². The third kappa shape index (κ3) is 9.28. The fourth-order valence-corrected chi connectivity index (χ4v) is 7.20. The average molecular weight is 605 g/mol. The molecule has 6 nitrogen and oxygen atoms in total. The van der Waals surface area contributed by atoms with Crippen LogP contribution in [0.1, 0.15) is 107 Å². The maximum atomic E-state index is 12.1. The van der Waals surface area contributed by atoms with E-state index in [-0.39, 0.29) is 36.2 Å². The number of carbonyl (C=O) groups excluding carboxylic acids is 2. The predicted molar refractivity (Wildman–Crippen MR) is 175 cm³/mol. The van der Waals surface area contributed by atoms with E-state index in [0.717, 1.165) is 31.6 Å². The summed E-state index contributed by atoms with van der Waals surface area (Å²) in [6.07, 6.45) is 14.7. The number of aliphatic hydroxyl groups excluding tert-OH is 2. The van der Waals surface area contributed by atoms with Crippen LogP contribution in [0.15, 0.2) is 60.7 Å². The van der Waals surface area contributed by atoms with Gasteiger partial charge in [0, 0.05) is 5.92 Å². The molecule has 0 saturated heterocycles. The average Bonchev–Trinajstić information content (AvgIpc) is 3.07. The van der Waals surface area contributed by atoms with Crippen molar-refractivity contribution in [1.82, 2.24) is 0 Å². The van der Waals surface area contributed by atoms with Crippen LogP contribution in [0.25, 0.3) is 10.8 Å². The minimum absolute atomic E-state index is 0.00767. The van der Waals surface area contributed by atoms with Gasteiger partial charge in [-0.25, -0.2) is 9.59 Å². The minimum atomic E-state index is -0.647. The molecule has 2 N–H and O–H groups in total. The number of unbranched alkanes of at least 4 members (excludes halogenated alkanes) is 2. The van der Waals surface area contributed by atoms with Crippen LogP contribution in [0, 0.1) is 17.8 Å². The van der Waals surface area contributed by atoms with Crippen molar-refractivity contribution >= 4 is 22.7 Å². The number of esters is 2. The highest BCUT2D eigenvalue weighted by molar-refractivity contribution is 5.88. The largest absolute Gasteiger partial charge is 0.462 e. The summed E-state index contributed by atoms with van der Waals surface area (Å²) in [7, 11) is 0. The lowest BCUT2D eigenvalue weighted by Crippen LogP contribution is -2.31. The molecule has 2 fully saturated rings. The Bertz CT molecular complexity index is 1230. The van der Waals surface area contributed by atoms with E-state index in [1.54, 1.807) is 0 Å². The minimum Gasteiger partial charge on any atom is -0.462 e. The van der Waals surface area contributed by atoms with Crippen LogP contribution >= 0.6 is 0 Å². The van der Waals surface area contributed by atoms with Crippen LogP contribution in [0.4, 0.5) is 0 Å². The summed E-state index contributed by atoms with van der Waals surface area (Å²) in [5.74, 6) is 0.788. The highest BCUT2D eigenvalue weighted by atomic mass is 16.5. The fraction of sp³-hybridized carbons (Fsp3) is 0.579. The summed E-state index contributed by atoms with van der Waals surface area (Å²) < 4.78 is 10.8. The predicted octanol–water partition coefficient (Wildman–Crippen LogP) is 7.77. The first-order valence-corrected chi connectivity index (χ1v) is 16.8. The maximum absolute atomic E-state index is 12.1. The molecule has 6 heteroatoms. The monoisotopic (exact) mass is 604 g/mol. The van der Waals surface area contributed by atoms with Crippen molar-refractivity contribution in [3.63, 3.8) is 0 Å². The third-order valence-electron chi connectivity index (χ3n) is 10.1. The molecule has 0 heterocycles. The van der Waals surface area contributed by atoms with Crippen LogP contribution < -0.4 is 0 Å². The van der Waals surface area contributed by atoms with Crippen molar-refractivity contribution < 1.29 is 29.3 Å². The highest BCUT2D eigenvalue weighted by Crippen LogP contribution is 2.41. The summed E-state index contributed by atoms with van der Waals surface area (Å²) in [5.41, 5.74) is 2.85. The van der Waals surface area contributed by atoms with Crippen LogP contribution in [0.2, 0.25) is 0 Å². The molecule has 0 bridgehead atoms. The Hall–Kier alpha value is -2.96. The Morgan fingerprint density at radius 3 is 1.68 bits per heavy atom. The molecule has 2 saturated carbocycles. The second-order valence-corrected chi connectivity index (χ2v) is 13.2. The van der Waals surface area contributed by atoms with E-state index in [4.69, 9.17) is 9.47 Å². The highest BCUT2D eigenvalue weighted by Gasteiger charge is 2.31. The molecule has 0 spiro atoms. The molecule has 0 atom stereocenters. The molecule has 0 aliphatic heterocycles. The fourth-order valence-electron chi connectivity index (χ4n) is 7.20. The lowest BCUT2D eigenvalue weighted by atomic mass is 9.74. The summed E-state index contributed by atoms with van der Waals surface area (Å²) in [4.78, 5) is 24.3. The van der Waals surface area contributed by atoms with Crippen molar-refractivity contribution in [2.75, 3.05) is 26.4 Å². The van der Waals surface area contributed by atoms with E-state index in [2.05, 4.69) is 56.5 Å². The van der Waals surface area contributed by atoms with Crippen molar-refractivity contribution in [2.45, 2.75) is 95.8 Å². The van der Waals surface area contributed by atoms with E-state index in [0.29, 0.717) is 11.8 Å². The lowest BCUT2D eigenvalue weighted by Gasteiger charge is -2.34. The Morgan fingerprint density at radius 1 is 0.750 bits per heavy atom. The zero-order chi connectivity index (χ0) is 31.5. The van der Waals surface area contributed by atoms with Gasteiger partial charge in [-0.1, -0.05) is 82.2 Å². The number of benzene rings is 2. The summed E-state index contributed by atoms with van der Waals surface area (Å²) in [5, 5.41) is 21.0. The maximum Gasteiger partial charge on any atom is 0.335 e. The Balaban J connectivity index is 1.34. The molecule has 0 aromatic heterocycles. The van der Waals surface area contributed by atoms with Gasteiger partial charge >= 0.3 is 11.9 Å². The second kappa shape index (κ2) is 16.9. The number of carbonyl (C=O) groups is 2. The van der Waals surface area contributed by atoms with E-state index in [1.807, 2.05) is 0 Å². The van der Waals surface area contributed by atoms with E-state index in [1.165, 1.54) is 73.3 Å². The molecule has 2 aliphatic rings. The first-order valence-electron chi connectivity index (χ1n) is 16.8. The van der Waals surface area contributed by atoms with Crippen LogP contribution in [0.3, 0.4) is 0 Å². The smallest absolute Gasteiger partial charge is 0.335 e. The number of aliphatic hydroxyl groups is 2. The number of hydrogen-bond acceptors (Lipinski definition) is 6. The molecular formula is C38H52O6. The van der Waals surface area contributed by atoms with Crippen molar-refractivity contribution in [3.8, 4) is 0 Å². The Kier molecular flexibility index (Phi) is 13.1. The lowest BCUT2D eigenvalue weighted by molar-refractivity contribution is -0.146. The zero-order valence-corrected chi connectivity index (χ0v) is 26.6. The van der Waals surface area contributed by atoms with Gasteiger partial charge in [0.25, 0.3) is 0 Å². The molecule has 2 aliphatic carbocycles. The molecule has 240 valence electrons. The zero-order valence-electron chi connectivity index (χ0n) is 26.6. The molecule has 4 rings (SSSR count). The SMILES string of the molecule is C=C(CO)C(=O)OCC(COC(=O)C(=C)CO)C1CCC(c2ccc3cc(C4CCC(CCCCC)CC4)ccc3c2)CC1. The van der Waals surface area contributed by atoms with E-state index in [9.17, 15) is 19.8 Å². The van der Waals surface area contributed by atoms with Gasteiger partial charge in [0.15, 0.2) is 0 Å². The quantitative estimate of drug-likeness (QED) is 0.123. The summed E-state index contributed by atoms with van der Waals surface area (Å²) >= 11 is 0. The van der Waals surface area contributed by atoms with Crippen LogP contribution in [-0.4, -0.2) is 48.6 Å². The standard InChI is InChI=1S/C38H52O6/c1-4-5-6-7-28-8-10-29(11-9-28)32-16-18-35-21-33(17-19-34(35)20-32)30-12-14-31(15-13-30)36(24-43-37(41)26(2)22-39)25-44-38(42)27(3)23-40/h16-21,28-31,36,39-40H,2-15,22-25H2,1H3. The third-order valence-corrected chi connectivity index (χ3v) is 10.1. The van der Waals surface area contributed by atoms with Gasteiger partial charge in [0.05, 0.1) is 37.6 Å². The summed E-state index contributed by atoms with van der Waals surface area (Å²) in [6.45, 7) is 8.56. The van der Waals surface area contributed by atoms with Gasteiger partial charge in [-0.05, 0) is 96.9 Å². The topological polar surface area (TPSA) is 93.1 Å². The molecule has 44 heavy (non-hydrogen) atoms. The van der Waals surface area contributed by atoms with Crippen molar-refractivity contribution in [1.29, 1.82) is 0 Å². The van der Waals surface area contributed by atoms with Gasteiger partial charge in [0.2, 0.25) is 0 Å². The molecule has 0 amide bonds. The van der Waals surface area contributed by atoms with Crippen LogP contribution in [0.5, 0.6) is 0 Å². The normalized spacial score (nSPS) is 22.1. The number of hydrogen-bond donors (Lipinski definition) is 2. The second-order valence-electron chi connectivity index (χ2n) is 13.2. The number of rotatable bonds is 15. The summed E-state index contributed by atoms with van der Waals surface area (Å²) in [6, 6.07) is 14.0. The first kappa shape index (κ1) is 33.9. The first-order chi connectivity index (χ1) is 21.3. The van der Waals surface area contributed by atoms with Gasteiger partial charge in [0.1, 0.15) is 0 Å². The van der Waals surface area contributed by atoms with Crippen LogP contribution in [-0.2, 0) is 19.1 Å². The molecule has 0 unspecified atom stereocenters. The molecule has 2 aromatic rings. The van der Waals surface area contributed by atoms with E-state index < -0.39 is 25.2 Å². The van der Waals surface area contributed by atoms with E-state index >= 15 is 0 Å². The molecule has 0 radical (unpaired) electrons. The van der Waals surface area contributed by atoms with Gasteiger partial charge in [-0.3, -0.25) is 0 Å². The number of ether oxygens (including phenoxy) is 2. The van der Waals surface area contributed by atoms with Gasteiger partial charge in [-0.2, -0.15) is 0 Å². The van der Waals surface area contributed by atoms with Gasteiger partial charge < -0.3 is 19.7 Å².